The Hall–Kier alpha value is -3.25. The van der Waals surface area contributed by atoms with E-state index < -0.39 is 41.4 Å². The number of hydrogen-bond donors (Lipinski definition) is 3. The lowest BCUT2D eigenvalue weighted by molar-refractivity contribution is -0.189. The molecule has 0 saturated carbocycles. The molecular formula is C21H20ClF4N5O3. The minimum atomic E-state index is -4.75. The summed E-state index contributed by atoms with van der Waals surface area (Å²) in [5, 5.41) is 18.4. The minimum absolute atomic E-state index is 0.0656. The van der Waals surface area contributed by atoms with Crippen LogP contribution in [0, 0.1) is 19.7 Å². The van der Waals surface area contributed by atoms with Crippen LogP contribution >= 0.6 is 11.6 Å². The fraction of sp³-hybridized carbons (Fsp3) is 0.333. The molecule has 2 aromatic heterocycles. The zero-order valence-electron chi connectivity index (χ0n) is 18.4. The second-order valence-corrected chi connectivity index (χ2v) is 7.86. The van der Waals surface area contributed by atoms with Crippen LogP contribution in [0.15, 0.2) is 18.3 Å². The van der Waals surface area contributed by atoms with Crippen molar-refractivity contribution in [1.29, 1.82) is 0 Å². The van der Waals surface area contributed by atoms with E-state index in [9.17, 15) is 23.1 Å². The van der Waals surface area contributed by atoms with Crippen molar-refractivity contribution in [3.05, 3.63) is 51.9 Å². The van der Waals surface area contributed by atoms with Gasteiger partial charge >= 0.3 is 6.18 Å². The molecule has 1 aromatic carbocycles. The van der Waals surface area contributed by atoms with Crippen LogP contribution in [0.25, 0.3) is 11.3 Å². The number of aryl methyl sites for hydroxylation is 2. The van der Waals surface area contributed by atoms with Crippen molar-refractivity contribution in [2.45, 2.75) is 46.1 Å². The molecule has 0 bridgehead atoms. The van der Waals surface area contributed by atoms with Gasteiger partial charge in [-0.05, 0) is 39.8 Å². The number of rotatable bonds is 6. The summed E-state index contributed by atoms with van der Waals surface area (Å²) in [6, 6.07) is 1.66. The highest BCUT2D eigenvalue weighted by Crippen LogP contribution is 2.34. The van der Waals surface area contributed by atoms with Crippen LogP contribution in [0.3, 0.4) is 0 Å². The number of nitrogens with zero attached hydrogens (tertiary/aromatic N) is 3. The molecule has 182 valence electrons. The summed E-state index contributed by atoms with van der Waals surface area (Å²) >= 11 is 5.90. The van der Waals surface area contributed by atoms with Crippen LogP contribution in [0.5, 0.6) is 5.75 Å². The number of aromatic amines is 1. The van der Waals surface area contributed by atoms with Crippen molar-refractivity contribution in [1.82, 2.24) is 20.2 Å². The van der Waals surface area contributed by atoms with E-state index in [4.69, 9.17) is 16.3 Å². The molecule has 0 aliphatic carbocycles. The number of alkyl halides is 3. The van der Waals surface area contributed by atoms with Gasteiger partial charge in [-0.15, -0.1) is 0 Å². The summed E-state index contributed by atoms with van der Waals surface area (Å²) in [7, 11) is 0. The van der Waals surface area contributed by atoms with Crippen LogP contribution in [0.4, 0.5) is 23.2 Å². The monoisotopic (exact) mass is 501 g/mol. The Kier molecular flexibility index (Phi) is 7.13. The topological polar surface area (TPSA) is 113 Å². The average Bonchev–Trinajstić information content (AvgIpc) is 3.06. The van der Waals surface area contributed by atoms with E-state index >= 15 is 4.39 Å². The molecule has 1 amide bonds. The predicted molar refractivity (Wildman–Crippen MR) is 115 cm³/mol. The van der Waals surface area contributed by atoms with Crippen molar-refractivity contribution >= 4 is 23.2 Å². The second kappa shape index (κ2) is 9.55. The number of H-pyrrole nitrogens is 1. The number of anilines is 1. The Morgan fingerprint density at radius 1 is 1.26 bits per heavy atom. The molecule has 0 aliphatic rings. The number of benzene rings is 1. The number of carbonyl (C=O) groups is 1. The maximum atomic E-state index is 15.1. The first-order valence-corrected chi connectivity index (χ1v) is 10.3. The lowest BCUT2D eigenvalue weighted by Gasteiger charge is -2.20. The summed E-state index contributed by atoms with van der Waals surface area (Å²) < 4.78 is 59.7. The average molecular weight is 502 g/mol. The van der Waals surface area contributed by atoms with Gasteiger partial charge in [-0.25, -0.2) is 9.37 Å². The van der Waals surface area contributed by atoms with Crippen molar-refractivity contribution in [2.24, 2.45) is 0 Å². The molecule has 0 spiro atoms. The van der Waals surface area contributed by atoms with Crippen LogP contribution in [-0.2, 0) is 0 Å². The smallest absolute Gasteiger partial charge is 0.425 e. The van der Waals surface area contributed by atoms with Crippen LogP contribution in [0.2, 0.25) is 5.15 Å². The Labute approximate surface area is 196 Å². The van der Waals surface area contributed by atoms with Gasteiger partial charge < -0.3 is 15.2 Å². The highest BCUT2D eigenvalue weighted by Gasteiger charge is 2.39. The van der Waals surface area contributed by atoms with Crippen molar-refractivity contribution < 1.29 is 32.2 Å². The number of ether oxygens (including phenoxy) is 1. The molecule has 2 unspecified atom stereocenters. The van der Waals surface area contributed by atoms with E-state index in [-0.39, 0.29) is 27.8 Å². The second-order valence-electron chi connectivity index (χ2n) is 7.50. The van der Waals surface area contributed by atoms with E-state index in [1.54, 1.807) is 13.8 Å². The van der Waals surface area contributed by atoms with Gasteiger partial charge in [0.15, 0.2) is 11.3 Å². The van der Waals surface area contributed by atoms with E-state index in [0.29, 0.717) is 11.4 Å². The number of aromatic nitrogens is 4. The molecule has 2 atom stereocenters. The summed E-state index contributed by atoms with van der Waals surface area (Å²) in [4.78, 5) is 21.1. The Balaban J connectivity index is 2.12. The molecular weight excluding hydrogens is 482 g/mol. The predicted octanol–water partition coefficient (Wildman–Crippen LogP) is 4.91. The molecule has 0 fully saturated rings. The quantitative estimate of drug-likeness (QED) is 0.414. The fourth-order valence-electron chi connectivity index (χ4n) is 3.00. The van der Waals surface area contributed by atoms with Crippen molar-refractivity contribution in [2.75, 3.05) is 5.32 Å². The maximum absolute atomic E-state index is 15.1. The third kappa shape index (κ3) is 5.28. The SMILES string of the molecule is Cc1ncc(-c2cc(OC(C)C(F)(F)F)c(C(=O)Nc3c(Cl)n[nH]c3C)cc2F)nc1C(C)O. The Bertz CT molecular complexity index is 1210. The number of aliphatic hydroxyl groups excluding tert-OH is 1. The van der Waals surface area contributed by atoms with Crippen LogP contribution in [0.1, 0.15) is 47.4 Å². The highest BCUT2D eigenvalue weighted by atomic mass is 35.5. The van der Waals surface area contributed by atoms with Crippen molar-refractivity contribution in [3.8, 4) is 17.0 Å². The lowest BCUT2D eigenvalue weighted by Crippen LogP contribution is -2.32. The molecule has 13 heteroatoms. The van der Waals surface area contributed by atoms with Gasteiger partial charge in [-0.1, -0.05) is 11.6 Å². The third-order valence-corrected chi connectivity index (χ3v) is 5.16. The van der Waals surface area contributed by atoms with E-state index in [1.165, 1.54) is 13.1 Å². The Morgan fingerprint density at radius 2 is 1.94 bits per heavy atom. The number of hydrogen-bond acceptors (Lipinski definition) is 6. The molecule has 2 heterocycles. The number of aliphatic hydroxyl groups is 1. The van der Waals surface area contributed by atoms with E-state index in [0.717, 1.165) is 19.1 Å². The molecule has 0 radical (unpaired) electrons. The molecule has 8 nitrogen and oxygen atoms in total. The van der Waals surface area contributed by atoms with Gasteiger partial charge in [0.2, 0.25) is 0 Å². The number of carbonyl (C=O) groups excluding carboxylic acids is 1. The van der Waals surface area contributed by atoms with Gasteiger partial charge in [0.1, 0.15) is 17.3 Å². The number of amides is 1. The summed E-state index contributed by atoms with van der Waals surface area (Å²) in [6.45, 7) is 5.33. The first-order chi connectivity index (χ1) is 15.8. The minimum Gasteiger partial charge on any atom is -0.480 e. The molecule has 3 rings (SSSR count). The van der Waals surface area contributed by atoms with Gasteiger partial charge in [0, 0.05) is 5.56 Å². The van der Waals surface area contributed by atoms with Crippen LogP contribution in [-0.4, -0.2) is 43.5 Å². The first-order valence-electron chi connectivity index (χ1n) is 9.90. The third-order valence-electron chi connectivity index (χ3n) is 4.88. The molecule has 3 aromatic rings. The maximum Gasteiger partial charge on any atom is 0.425 e. The van der Waals surface area contributed by atoms with E-state index in [1.807, 2.05) is 0 Å². The van der Waals surface area contributed by atoms with Gasteiger partial charge in [0.05, 0.1) is 40.6 Å². The van der Waals surface area contributed by atoms with Crippen LogP contribution < -0.4 is 10.1 Å². The van der Waals surface area contributed by atoms with E-state index in [2.05, 4.69) is 25.5 Å². The molecule has 0 aliphatic heterocycles. The fourth-order valence-corrected chi connectivity index (χ4v) is 3.23. The Morgan fingerprint density at radius 3 is 2.50 bits per heavy atom. The summed E-state index contributed by atoms with van der Waals surface area (Å²) in [6.07, 6.45) is -6.89. The zero-order valence-corrected chi connectivity index (χ0v) is 19.1. The number of halogens is 5. The standard InChI is InChI=1S/C21H20ClF4N5O3/c1-8-17(10(3)32)28-15(7-27-8)12-6-16(34-11(4)21(24,25)26)13(5-14(12)23)20(33)29-18-9(2)30-31-19(18)22/h5-7,10-11,32H,1-4H3,(H,29,33)(H,30,31). The molecule has 34 heavy (non-hydrogen) atoms. The van der Waals surface area contributed by atoms with Gasteiger partial charge in [0.25, 0.3) is 5.91 Å². The zero-order chi connectivity index (χ0) is 25.4. The molecule has 3 N–H and O–H groups in total. The summed E-state index contributed by atoms with van der Waals surface area (Å²) in [5.74, 6) is -2.49. The van der Waals surface area contributed by atoms with Crippen molar-refractivity contribution in [3.63, 3.8) is 0 Å². The lowest BCUT2D eigenvalue weighted by atomic mass is 10.1. The largest absolute Gasteiger partial charge is 0.480 e. The van der Waals surface area contributed by atoms with Gasteiger partial charge in [-0.3, -0.25) is 14.9 Å². The first kappa shape index (κ1) is 25.4. The number of nitrogens with one attached hydrogen (secondary N) is 2. The molecule has 0 saturated heterocycles. The highest BCUT2D eigenvalue weighted by molar-refractivity contribution is 6.33. The van der Waals surface area contributed by atoms with Gasteiger partial charge in [-0.2, -0.15) is 18.3 Å². The normalized spacial score (nSPS) is 13.5. The summed E-state index contributed by atoms with van der Waals surface area (Å²) in [5.41, 5.74) is 0.167.